The second kappa shape index (κ2) is 3.49. The predicted molar refractivity (Wildman–Crippen MR) is 39.9 cm³/mol. The summed E-state index contributed by atoms with van der Waals surface area (Å²) in [5.74, 6) is 0. The lowest BCUT2D eigenvalue weighted by molar-refractivity contribution is -0.204. The Hall–Kier alpha value is -0.160. The zero-order valence-corrected chi connectivity index (χ0v) is 6.86. The number of aliphatic hydroxyl groups excluding tert-OH is 1. The topological polar surface area (TPSA) is 64.7 Å². The van der Waals surface area contributed by atoms with Crippen molar-refractivity contribution in [2.75, 3.05) is 7.11 Å². The van der Waals surface area contributed by atoms with Gasteiger partial charge in [0.1, 0.15) is 0 Å². The molecule has 1 unspecified atom stereocenters. The summed E-state index contributed by atoms with van der Waals surface area (Å²) in [5, 5.41) is 9.11. The monoisotopic (exact) mass is 161 g/mol. The number of hydrogen-bond acceptors (Lipinski definition) is 4. The summed E-state index contributed by atoms with van der Waals surface area (Å²) in [6.45, 7) is 1.84. The Morgan fingerprint density at radius 1 is 1.64 bits per heavy atom. The summed E-state index contributed by atoms with van der Waals surface area (Å²) in [5.41, 5.74) is 5.71. The van der Waals surface area contributed by atoms with E-state index in [4.69, 9.17) is 20.3 Å². The highest BCUT2D eigenvalue weighted by Crippen LogP contribution is 2.18. The number of hydrogen-bond donors (Lipinski definition) is 2. The lowest BCUT2D eigenvalue weighted by Crippen LogP contribution is -2.51. The van der Waals surface area contributed by atoms with Gasteiger partial charge in [0.2, 0.25) is 0 Å². The lowest BCUT2D eigenvalue weighted by Gasteiger charge is -2.35. The molecule has 3 N–H and O–H groups in total. The highest BCUT2D eigenvalue weighted by atomic mass is 16.6. The van der Waals surface area contributed by atoms with Crippen LogP contribution in [0, 0.1) is 0 Å². The van der Waals surface area contributed by atoms with Crippen molar-refractivity contribution >= 4 is 0 Å². The van der Waals surface area contributed by atoms with Crippen molar-refractivity contribution in [2.24, 2.45) is 5.73 Å². The summed E-state index contributed by atoms with van der Waals surface area (Å²) in [7, 11) is 1.60. The van der Waals surface area contributed by atoms with Crippen LogP contribution in [0.5, 0.6) is 0 Å². The van der Waals surface area contributed by atoms with E-state index in [0.29, 0.717) is 6.42 Å². The van der Waals surface area contributed by atoms with Crippen LogP contribution in [-0.4, -0.2) is 36.8 Å². The molecule has 0 aliphatic carbocycles. The zero-order chi connectivity index (χ0) is 8.43. The number of methoxy groups -OCH3 is 1. The molecule has 1 rings (SSSR count). The molecule has 0 bridgehead atoms. The Morgan fingerprint density at radius 2 is 2.27 bits per heavy atom. The molecule has 4 nitrogen and oxygen atoms in total. The Bertz CT molecular complexity index is 119. The van der Waals surface area contributed by atoms with E-state index in [9.17, 15) is 0 Å². The van der Waals surface area contributed by atoms with Crippen LogP contribution in [0.4, 0.5) is 0 Å². The fourth-order valence-corrected chi connectivity index (χ4v) is 1.46. The molecule has 0 spiro atoms. The number of nitrogens with two attached hydrogens (primary N) is 1. The predicted octanol–water partition coefficient (Wildman–Crippen LogP) is -0.544. The molecule has 0 radical (unpaired) electrons. The fourth-order valence-electron chi connectivity index (χ4n) is 1.46. The summed E-state index contributed by atoms with van der Waals surface area (Å²) in [6, 6.07) is -0.126. The minimum Gasteiger partial charge on any atom is -0.377 e. The van der Waals surface area contributed by atoms with E-state index in [1.165, 1.54) is 0 Å². The number of rotatable bonds is 1. The molecule has 4 heteroatoms. The normalized spacial score (nSPS) is 45.8. The van der Waals surface area contributed by atoms with E-state index in [2.05, 4.69) is 0 Å². The third-order valence-electron chi connectivity index (χ3n) is 2.00. The summed E-state index contributed by atoms with van der Waals surface area (Å²) < 4.78 is 10.2. The summed E-state index contributed by atoms with van der Waals surface area (Å²) in [4.78, 5) is 0. The van der Waals surface area contributed by atoms with Crippen molar-refractivity contribution in [3.05, 3.63) is 0 Å². The number of aliphatic hydroxyl groups is 1. The first kappa shape index (κ1) is 8.93. The molecule has 0 amide bonds. The molecule has 1 saturated heterocycles. The van der Waals surface area contributed by atoms with Crippen LogP contribution < -0.4 is 5.73 Å². The van der Waals surface area contributed by atoms with Crippen LogP contribution in [0.25, 0.3) is 0 Å². The SMILES string of the molecule is CO[C@@H]1C(N)C[C@@H](O)O[C@@H]1C. The first-order valence-electron chi connectivity index (χ1n) is 3.77. The maximum atomic E-state index is 9.11. The van der Waals surface area contributed by atoms with Crippen LogP contribution in [0.2, 0.25) is 0 Å². The molecule has 1 aliphatic rings. The second-order valence-corrected chi connectivity index (χ2v) is 2.90. The van der Waals surface area contributed by atoms with Crippen LogP contribution in [0.3, 0.4) is 0 Å². The van der Waals surface area contributed by atoms with E-state index in [1.54, 1.807) is 7.11 Å². The molecule has 0 saturated carbocycles. The van der Waals surface area contributed by atoms with Gasteiger partial charge in [-0.2, -0.15) is 0 Å². The fraction of sp³-hybridized carbons (Fsp3) is 1.00. The maximum Gasteiger partial charge on any atom is 0.156 e. The molecule has 0 aromatic carbocycles. The largest absolute Gasteiger partial charge is 0.377 e. The van der Waals surface area contributed by atoms with Crippen molar-refractivity contribution < 1.29 is 14.6 Å². The zero-order valence-electron chi connectivity index (χ0n) is 6.86. The molecule has 1 heterocycles. The average Bonchev–Trinajstić information content (AvgIpc) is 1.85. The third-order valence-corrected chi connectivity index (χ3v) is 2.00. The smallest absolute Gasteiger partial charge is 0.156 e. The molecular formula is C7H15NO3. The molecule has 1 fully saturated rings. The van der Waals surface area contributed by atoms with Gasteiger partial charge in [-0.1, -0.05) is 0 Å². The van der Waals surface area contributed by atoms with E-state index in [0.717, 1.165) is 0 Å². The molecular weight excluding hydrogens is 146 g/mol. The van der Waals surface area contributed by atoms with Crippen molar-refractivity contribution in [1.82, 2.24) is 0 Å². The minimum atomic E-state index is -0.730. The van der Waals surface area contributed by atoms with E-state index in [-0.39, 0.29) is 18.2 Å². The lowest BCUT2D eigenvalue weighted by atomic mass is 10.0. The van der Waals surface area contributed by atoms with Gasteiger partial charge in [0.25, 0.3) is 0 Å². The first-order chi connectivity index (χ1) is 5.15. The first-order valence-corrected chi connectivity index (χ1v) is 3.77. The van der Waals surface area contributed by atoms with Gasteiger partial charge in [0, 0.05) is 19.6 Å². The van der Waals surface area contributed by atoms with Crippen LogP contribution in [0.15, 0.2) is 0 Å². The van der Waals surface area contributed by atoms with Crippen LogP contribution in [0.1, 0.15) is 13.3 Å². The average molecular weight is 161 g/mol. The Morgan fingerprint density at radius 3 is 2.73 bits per heavy atom. The van der Waals surface area contributed by atoms with Gasteiger partial charge in [-0.3, -0.25) is 0 Å². The van der Waals surface area contributed by atoms with Crippen LogP contribution >= 0.6 is 0 Å². The second-order valence-electron chi connectivity index (χ2n) is 2.90. The van der Waals surface area contributed by atoms with Crippen molar-refractivity contribution in [3.63, 3.8) is 0 Å². The van der Waals surface area contributed by atoms with Gasteiger partial charge in [-0.25, -0.2) is 0 Å². The highest BCUT2D eigenvalue weighted by Gasteiger charge is 2.33. The quantitative estimate of drug-likeness (QED) is 0.542. The van der Waals surface area contributed by atoms with Gasteiger partial charge in [0.15, 0.2) is 6.29 Å². The maximum absolute atomic E-state index is 9.11. The number of ether oxygens (including phenoxy) is 2. The van der Waals surface area contributed by atoms with Gasteiger partial charge in [-0.05, 0) is 6.92 Å². The molecule has 0 aromatic heterocycles. The summed E-state index contributed by atoms with van der Waals surface area (Å²) in [6.07, 6.45) is -0.508. The van der Waals surface area contributed by atoms with Crippen LogP contribution in [-0.2, 0) is 9.47 Å². The third kappa shape index (κ3) is 1.90. The Kier molecular flexibility index (Phi) is 2.84. The van der Waals surface area contributed by atoms with E-state index < -0.39 is 6.29 Å². The van der Waals surface area contributed by atoms with Crippen molar-refractivity contribution in [1.29, 1.82) is 0 Å². The van der Waals surface area contributed by atoms with Gasteiger partial charge >= 0.3 is 0 Å². The standard InChI is InChI=1S/C7H15NO3/c1-4-7(10-2)5(8)3-6(9)11-4/h4-7,9H,3,8H2,1-2H3/t4-,5?,6+,7+/m1/s1. The summed E-state index contributed by atoms with van der Waals surface area (Å²) >= 11 is 0. The molecule has 66 valence electrons. The molecule has 0 aromatic rings. The van der Waals surface area contributed by atoms with Gasteiger partial charge < -0.3 is 20.3 Å². The molecule has 4 atom stereocenters. The highest BCUT2D eigenvalue weighted by molar-refractivity contribution is 4.83. The van der Waals surface area contributed by atoms with E-state index >= 15 is 0 Å². The van der Waals surface area contributed by atoms with Gasteiger partial charge in [0.05, 0.1) is 12.2 Å². The van der Waals surface area contributed by atoms with Gasteiger partial charge in [-0.15, -0.1) is 0 Å². The van der Waals surface area contributed by atoms with E-state index in [1.807, 2.05) is 6.92 Å². The molecule has 1 aliphatic heterocycles. The molecule has 11 heavy (non-hydrogen) atoms. The minimum absolute atomic E-state index is 0.0987. The Labute approximate surface area is 66.3 Å². The van der Waals surface area contributed by atoms with Crippen molar-refractivity contribution in [2.45, 2.75) is 37.9 Å². The Balaban J connectivity index is 2.52. The van der Waals surface area contributed by atoms with Crippen molar-refractivity contribution in [3.8, 4) is 0 Å².